The second-order valence-corrected chi connectivity index (χ2v) is 5.53. The fraction of sp³-hybridized carbons (Fsp3) is 0.643. The normalized spacial score (nSPS) is 19.5. The molecule has 2 heterocycles. The van der Waals surface area contributed by atoms with Gasteiger partial charge in [-0.3, -0.25) is 4.79 Å². The smallest absolute Gasteiger partial charge is 0.239 e. The first-order valence-electron chi connectivity index (χ1n) is 7.27. The van der Waals surface area contributed by atoms with Gasteiger partial charge in [0.15, 0.2) is 0 Å². The molecule has 1 amide bonds. The summed E-state index contributed by atoms with van der Waals surface area (Å²) < 4.78 is 0. The molecule has 0 aromatic carbocycles. The molecule has 6 nitrogen and oxygen atoms in total. The molecular formula is C14H21N5O. The number of rotatable bonds is 3. The van der Waals surface area contributed by atoms with Crippen molar-refractivity contribution in [1.29, 1.82) is 0 Å². The van der Waals surface area contributed by atoms with Gasteiger partial charge in [0.05, 0.1) is 6.54 Å². The van der Waals surface area contributed by atoms with Crippen molar-refractivity contribution in [3.63, 3.8) is 0 Å². The fourth-order valence-corrected chi connectivity index (χ4v) is 2.58. The fourth-order valence-electron chi connectivity index (χ4n) is 2.58. The van der Waals surface area contributed by atoms with Gasteiger partial charge in [0.1, 0.15) is 17.5 Å². The molecule has 6 heteroatoms. The molecule has 108 valence electrons. The molecule has 1 aliphatic carbocycles. The highest BCUT2D eigenvalue weighted by Gasteiger charge is 2.29. The van der Waals surface area contributed by atoms with Gasteiger partial charge in [-0.15, -0.1) is 0 Å². The van der Waals surface area contributed by atoms with E-state index in [2.05, 4.69) is 20.5 Å². The van der Waals surface area contributed by atoms with E-state index in [1.54, 1.807) is 0 Å². The van der Waals surface area contributed by atoms with E-state index >= 15 is 0 Å². The average Bonchev–Trinajstić information content (AvgIpc) is 3.26. The van der Waals surface area contributed by atoms with Gasteiger partial charge >= 0.3 is 0 Å². The Labute approximate surface area is 119 Å². The molecule has 1 aliphatic heterocycles. The summed E-state index contributed by atoms with van der Waals surface area (Å²) in [5.41, 5.74) is 1.02. The molecule has 0 unspecified atom stereocenters. The quantitative estimate of drug-likeness (QED) is 0.862. The third kappa shape index (κ3) is 2.55. The highest BCUT2D eigenvalue weighted by Crippen LogP contribution is 2.40. The molecule has 1 saturated heterocycles. The predicted octanol–water partition coefficient (Wildman–Crippen LogP) is 1.03. The molecule has 0 radical (unpaired) electrons. The standard InChI is InChI=1S/C14H21N5O/c1-9-12(15-2)17-13(10-4-5-10)18-14(9)19-7-3-6-16-11(20)8-19/h10H,3-8H2,1-2H3,(H,16,20)(H,15,17,18). The minimum absolute atomic E-state index is 0.0690. The second kappa shape index (κ2) is 5.26. The lowest BCUT2D eigenvalue weighted by Crippen LogP contribution is -2.34. The van der Waals surface area contributed by atoms with Crippen LogP contribution in [0.5, 0.6) is 0 Å². The minimum atomic E-state index is 0.0690. The van der Waals surface area contributed by atoms with Crippen molar-refractivity contribution >= 4 is 17.5 Å². The number of carbonyl (C=O) groups excluding carboxylic acids is 1. The summed E-state index contributed by atoms with van der Waals surface area (Å²) in [6.45, 7) is 3.99. The van der Waals surface area contributed by atoms with Crippen LogP contribution in [0.2, 0.25) is 0 Å². The second-order valence-electron chi connectivity index (χ2n) is 5.53. The van der Waals surface area contributed by atoms with Crippen molar-refractivity contribution < 1.29 is 4.79 Å². The van der Waals surface area contributed by atoms with Crippen LogP contribution in [0.25, 0.3) is 0 Å². The number of nitrogens with zero attached hydrogens (tertiary/aromatic N) is 3. The molecule has 2 N–H and O–H groups in total. The molecule has 20 heavy (non-hydrogen) atoms. The Morgan fingerprint density at radius 3 is 2.85 bits per heavy atom. The van der Waals surface area contributed by atoms with Gasteiger partial charge in [-0.25, -0.2) is 9.97 Å². The van der Waals surface area contributed by atoms with Gasteiger partial charge in [-0.2, -0.15) is 0 Å². The Bertz CT molecular complexity index is 527. The zero-order valence-corrected chi connectivity index (χ0v) is 12.1. The zero-order valence-electron chi connectivity index (χ0n) is 12.1. The summed E-state index contributed by atoms with van der Waals surface area (Å²) >= 11 is 0. The Balaban J connectivity index is 1.97. The van der Waals surface area contributed by atoms with E-state index in [1.165, 1.54) is 12.8 Å². The van der Waals surface area contributed by atoms with Crippen molar-refractivity contribution in [2.45, 2.75) is 32.1 Å². The van der Waals surface area contributed by atoms with Crippen LogP contribution in [0.1, 0.15) is 36.6 Å². The van der Waals surface area contributed by atoms with E-state index in [9.17, 15) is 4.79 Å². The Hall–Kier alpha value is -1.85. The molecule has 1 aromatic heterocycles. The monoisotopic (exact) mass is 275 g/mol. The van der Waals surface area contributed by atoms with Crippen LogP contribution in [-0.2, 0) is 4.79 Å². The number of aromatic nitrogens is 2. The van der Waals surface area contributed by atoms with Crippen LogP contribution in [0.4, 0.5) is 11.6 Å². The Kier molecular flexibility index (Phi) is 3.46. The lowest BCUT2D eigenvalue weighted by molar-refractivity contribution is -0.119. The zero-order chi connectivity index (χ0) is 14.1. The molecule has 0 atom stereocenters. The van der Waals surface area contributed by atoms with E-state index < -0.39 is 0 Å². The highest BCUT2D eigenvalue weighted by atomic mass is 16.2. The molecule has 0 bridgehead atoms. The molecular weight excluding hydrogens is 254 g/mol. The molecule has 2 fully saturated rings. The van der Waals surface area contributed by atoms with Crippen molar-refractivity contribution in [1.82, 2.24) is 15.3 Å². The maximum Gasteiger partial charge on any atom is 0.239 e. The Morgan fingerprint density at radius 2 is 2.15 bits per heavy atom. The summed E-state index contributed by atoms with van der Waals surface area (Å²) in [6.07, 6.45) is 3.29. The first-order chi connectivity index (χ1) is 9.69. The van der Waals surface area contributed by atoms with Crippen molar-refractivity contribution in [2.24, 2.45) is 0 Å². The first kappa shape index (κ1) is 13.1. The number of anilines is 2. The summed E-state index contributed by atoms with van der Waals surface area (Å²) in [6, 6.07) is 0. The highest BCUT2D eigenvalue weighted by molar-refractivity contribution is 5.82. The molecule has 0 spiro atoms. The lowest BCUT2D eigenvalue weighted by atomic mass is 10.2. The molecule has 2 aliphatic rings. The minimum Gasteiger partial charge on any atom is -0.373 e. The van der Waals surface area contributed by atoms with Gasteiger partial charge in [-0.05, 0) is 26.2 Å². The van der Waals surface area contributed by atoms with Gasteiger partial charge in [-0.1, -0.05) is 0 Å². The topological polar surface area (TPSA) is 70.2 Å². The van der Waals surface area contributed by atoms with Gasteiger partial charge in [0.25, 0.3) is 0 Å². The maximum absolute atomic E-state index is 11.8. The summed E-state index contributed by atoms with van der Waals surface area (Å²) in [5, 5.41) is 6.05. The van der Waals surface area contributed by atoms with Crippen LogP contribution >= 0.6 is 0 Å². The van der Waals surface area contributed by atoms with E-state index in [-0.39, 0.29) is 5.91 Å². The van der Waals surface area contributed by atoms with E-state index in [4.69, 9.17) is 4.98 Å². The number of carbonyl (C=O) groups is 1. The molecule has 1 saturated carbocycles. The molecule has 1 aromatic rings. The van der Waals surface area contributed by atoms with Crippen LogP contribution in [0, 0.1) is 6.92 Å². The van der Waals surface area contributed by atoms with Crippen molar-refractivity contribution in [3.05, 3.63) is 11.4 Å². The average molecular weight is 275 g/mol. The number of hydrogen-bond acceptors (Lipinski definition) is 5. The van der Waals surface area contributed by atoms with E-state index in [0.717, 1.165) is 42.5 Å². The largest absolute Gasteiger partial charge is 0.373 e. The van der Waals surface area contributed by atoms with Gasteiger partial charge in [0.2, 0.25) is 5.91 Å². The van der Waals surface area contributed by atoms with E-state index in [0.29, 0.717) is 12.5 Å². The molecule has 3 rings (SSSR count). The first-order valence-corrected chi connectivity index (χ1v) is 7.27. The van der Waals surface area contributed by atoms with Crippen molar-refractivity contribution in [2.75, 3.05) is 36.9 Å². The Morgan fingerprint density at radius 1 is 1.35 bits per heavy atom. The van der Waals surface area contributed by atoms with Gasteiger partial charge < -0.3 is 15.5 Å². The number of hydrogen-bond donors (Lipinski definition) is 2. The maximum atomic E-state index is 11.8. The number of nitrogens with one attached hydrogen (secondary N) is 2. The van der Waals surface area contributed by atoms with Crippen LogP contribution < -0.4 is 15.5 Å². The van der Waals surface area contributed by atoms with Crippen LogP contribution in [0.3, 0.4) is 0 Å². The summed E-state index contributed by atoms with van der Waals surface area (Å²) in [7, 11) is 1.88. The van der Waals surface area contributed by atoms with Crippen LogP contribution in [-0.4, -0.2) is 42.6 Å². The predicted molar refractivity (Wildman–Crippen MR) is 78.1 cm³/mol. The number of amides is 1. The lowest BCUT2D eigenvalue weighted by Gasteiger charge is -2.23. The van der Waals surface area contributed by atoms with Crippen molar-refractivity contribution in [3.8, 4) is 0 Å². The summed E-state index contributed by atoms with van der Waals surface area (Å²) in [5.74, 6) is 3.27. The third-order valence-corrected chi connectivity index (χ3v) is 3.88. The third-order valence-electron chi connectivity index (χ3n) is 3.88. The van der Waals surface area contributed by atoms with E-state index in [1.807, 2.05) is 14.0 Å². The van der Waals surface area contributed by atoms with Crippen LogP contribution in [0.15, 0.2) is 0 Å². The summed E-state index contributed by atoms with van der Waals surface area (Å²) in [4.78, 5) is 23.2. The van der Waals surface area contributed by atoms with Gasteiger partial charge in [0, 0.05) is 31.6 Å². The SMILES string of the molecule is CNc1nc(C2CC2)nc(N2CCCNC(=O)C2)c1C.